The van der Waals surface area contributed by atoms with Gasteiger partial charge in [-0.15, -0.1) is 0 Å². The summed E-state index contributed by atoms with van der Waals surface area (Å²) in [6, 6.07) is 7.24. The molecule has 0 spiro atoms. The average molecular weight is 425 g/mol. The van der Waals surface area contributed by atoms with Gasteiger partial charge in [0.2, 0.25) is 5.79 Å². The van der Waals surface area contributed by atoms with E-state index in [0.29, 0.717) is 11.1 Å². The number of carbonyl (C=O) groups is 1. The summed E-state index contributed by atoms with van der Waals surface area (Å²) < 4.78 is 25.7. The third-order valence-corrected chi connectivity index (χ3v) is 5.26. The first kappa shape index (κ1) is 21.4. The quantitative estimate of drug-likeness (QED) is 0.613. The molecule has 1 aliphatic rings. The fraction of sp³-hybridized carbons (Fsp3) is 0.381. The van der Waals surface area contributed by atoms with Gasteiger partial charge in [-0.3, -0.25) is 4.79 Å². The molecule has 2 aromatic rings. The van der Waals surface area contributed by atoms with Crippen LogP contribution < -0.4 is 9.47 Å². The lowest BCUT2D eigenvalue weighted by Gasteiger charge is -2.29. The highest BCUT2D eigenvalue weighted by atomic mass is 35.5. The summed E-state index contributed by atoms with van der Waals surface area (Å²) in [6.45, 7) is 4.50. The van der Waals surface area contributed by atoms with Crippen LogP contribution in [-0.2, 0) is 23.6 Å². The number of carboxylic acid groups (broad SMARTS) is 1. The molecule has 0 saturated carbocycles. The summed E-state index contributed by atoms with van der Waals surface area (Å²) in [5.41, 5.74) is -0.202. The maximum atomic E-state index is 14.4. The molecule has 3 N–H and O–H groups in total. The van der Waals surface area contributed by atoms with E-state index >= 15 is 0 Å². The summed E-state index contributed by atoms with van der Waals surface area (Å²) in [5, 5.41) is 30.1. The zero-order valence-corrected chi connectivity index (χ0v) is 17.0. The van der Waals surface area contributed by atoms with Gasteiger partial charge in [-0.2, -0.15) is 0 Å². The lowest BCUT2D eigenvalue weighted by Crippen LogP contribution is -2.46. The number of halogens is 2. The zero-order valence-electron chi connectivity index (χ0n) is 16.2. The Labute approximate surface area is 172 Å². The van der Waals surface area contributed by atoms with Crippen LogP contribution in [0.3, 0.4) is 0 Å². The van der Waals surface area contributed by atoms with Crippen molar-refractivity contribution in [3.8, 4) is 11.5 Å². The van der Waals surface area contributed by atoms with E-state index in [1.807, 2.05) is 0 Å². The second-order valence-electron chi connectivity index (χ2n) is 7.72. The molecule has 6 nitrogen and oxygen atoms in total. The van der Waals surface area contributed by atoms with Gasteiger partial charge in [-0.05, 0) is 50.1 Å². The average Bonchev–Trinajstić information content (AvgIpc) is 2.79. The van der Waals surface area contributed by atoms with E-state index in [2.05, 4.69) is 0 Å². The van der Waals surface area contributed by atoms with Crippen LogP contribution in [0.25, 0.3) is 0 Å². The summed E-state index contributed by atoms with van der Waals surface area (Å²) in [4.78, 5) is 11.0. The van der Waals surface area contributed by atoms with E-state index in [4.69, 9.17) is 26.2 Å². The van der Waals surface area contributed by atoms with Gasteiger partial charge in [0.05, 0.1) is 11.5 Å². The fourth-order valence-corrected chi connectivity index (χ4v) is 3.41. The van der Waals surface area contributed by atoms with Gasteiger partial charge < -0.3 is 24.8 Å². The molecule has 1 atom stereocenters. The van der Waals surface area contributed by atoms with Crippen molar-refractivity contribution in [3.63, 3.8) is 0 Å². The van der Waals surface area contributed by atoms with E-state index in [1.165, 1.54) is 32.0 Å². The number of hydrogen-bond acceptors (Lipinski definition) is 5. The molecular weight excluding hydrogens is 403 g/mol. The highest BCUT2D eigenvalue weighted by Crippen LogP contribution is 2.48. The van der Waals surface area contributed by atoms with E-state index < -0.39 is 29.1 Å². The Hall–Kier alpha value is -2.35. The molecule has 8 heteroatoms. The first-order valence-corrected chi connectivity index (χ1v) is 9.41. The molecule has 3 rings (SSSR count). The summed E-state index contributed by atoms with van der Waals surface area (Å²) in [5.74, 6) is -4.24. The Morgan fingerprint density at radius 3 is 2.59 bits per heavy atom. The Kier molecular flexibility index (Phi) is 5.51. The Bertz CT molecular complexity index is 956. The van der Waals surface area contributed by atoms with Crippen molar-refractivity contribution in [3.05, 3.63) is 57.9 Å². The number of fused-ring (bicyclic) bond motifs is 1. The molecule has 0 amide bonds. The molecule has 29 heavy (non-hydrogen) atoms. The predicted molar refractivity (Wildman–Crippen MR) is 104 cm³/mol. The number of ether oxygens (including phenoxy) is 2. The molecule has 1 heterocycles. The number of carboxylic acids is 1. The van der Waals surface area contributed by atoms with Gasteiger partial charge in [-0.25, -0.2) is 4.39 Å². The number of aliphatic hydroxyl groups is 2. The molecular formula is C21H22ClFO6. The van der Waals surface area contributed by atoms with Crippen LogP contribution in [0.5, 0.6) is 11.5 Å². The topological polar surface area (TPSA) is 96.2 Å². The summed E-state index contributed by atoms with van der Waals surface area (Å²) in [6.07, 6.45) is 0.201. The minimum absolute atomic E-state index is 0.0260. The van der Waals surface area contributed by atoms with Crippen LogP contribution in [-0.4, -0.2) is 26.9 Å². The largest absolute Gasteiger partial charge is 0.486 e. The molecule has 0 fully saturated rings. The Morgan fingerprint density at radius 1 is 1.28 bits per heavy atom. The van der Waals surface area contributed by atoms with E-state index in [9.17, 15) is 19.4 Å². The van der Waals surface area contributed by atoms with Gasteiger partial charge in [0.25, 0.3) is 0 Å². The molecule has 0 aromatic heterocycles. The van der Waals surface area contributed by atoms with Crippen molar-refractivity contribution in [2.45, 2.75) is 45.2 Å². The highest BCUT2D eigenvalue weighted by Gasteiger charge is 2.54. The van der Waals surface area contributed by atoms with Crippen LogP contribution >= 0.6 is 11.6 Å². The third kappa shape index (κ3) is 4.03. The molecule has 2 aromatic carbocycles. The SMILES string of the molecule is CC(Cc1ccc(OCc2cc(Cl)cc3c2OC(C)(C)C3(O)O)c(F)c1)C(=O)O. The Morgan fingerprint density at radius 2 is 1.97 bits per heavy atom. The first-order chi connectivity index (χ1) is 13.4. The predicted octanol–water partition coefficient (Wildman–Crippen LogP) is 3.63. The zero-order chi connectivity index (χ0) is 21.6. The third-order valence-electron chi connectivity index (χ3n) is 5.05. The molecule has 1 aliphatic heterocycles. The summed E-state index contributed by atoms with van der Waals surface area (Å²) >= 11 is 6.10. The van der Waals surface area contributed by atoms with Gasteiger partial charge >= 0.3 is 5.97 Å². The monoisotopic (exact) mass is 424 g/mol. The first-order valence-electron chi connectivity index (χ1n) is 9.03. The van der Waals surface area contributed by atoms with Crippen LogP contribution in [0.4, 0.5) is 4.39 Å². The Balaban J connectivity index is 1.81. The van der Waals surface area contributed by atoms with Gasteiger partial charge in [0, 0.05) is 10.6 Å². The normalized spacial score (nSPS) is 17.3. The smallest absolute Gasteiger partial charge is 0.306 e. The number of rotatable bonds is 6. The minimum atomic E-state index is -2.24. The summed E-state index contributed by atoms with van der Waals surface area (Å²) in [7, 11) is 0. The van der Waals surface area contributed by atoms with Crippen molar-refractivity contribution in [1.29, 1.82) is 0 Å². The van der Waals surface area contributed by atoms with Crippen molar-refractivity contribution in [2.75, 3.05) is 0 Å². The fourth-order valence-electron chi connectivity index (χ4n) is 3.17. The van der Waals surface area contributed by atoms with Crippen molar-refractivity contribution in [2.24, 2.45) is 5.92 Å². The van der Waals surface area contributed by atoms with E-state index in [-0.39, 0.29) is 35.1 Å². The van der Waals surface area contributed by atoms with Crippen LogP contribution in [0.1, 0.15) is 37.5 Å². The lowest BCUT2D eigenvalue weighted by molar-refractivity contribution is -0.243. The van der Waals surface area contributed by atoms with Crippen molar-refractivity contribution >= 4 is 17.6 Å². The van der Waals surface area contributed by atoms with Crippen LogP contribution in [0.15, 0.2) is 30.3 Å². The molecule has 0 radical (unpaired) electrons. The molecule has 0 bridgehead atoms. The maximum absolute atomic E-state index is 14.4. The van der Waals surface area contributed by atoms with E-state index in [1.54, 1.807) is 19.1 Å². The highest BCUT2D eigenvalue weighted by molar-refractivity contribution is 6.30. The minimum Gasteiger partial charge on any atom is -0.486 e. The van der Waals surface area contributed by atoms with E-state index in [0.717, 1.165) is 0 Å². The van der Waals surface area contributed by atoms with Crippen molar-refractivity contribution in [1.82, 2.24) is 0 Å². The van der Waals surface area contributed by atoms with Gasteiger partial charge in [0.1, 0.15) is 12.4 Å². The van der Waals surface area contributed by atoms with Crippen molar-refractivity contribution < 1.29 is 34.0 Å². The van der Waals surface area contributed by atoms with Crippen LogP contribution in [0, 0.1) is 11.7 Å². The number of hydrogen-bond donors (Lipinski definition) is 3. The molecule has 0 saturated heterocycles. The van der Waals surface area contributed by atoms with Gasteiger partial charge in [0.15, 0.2) is 17.2 Å². The second-order valence-corrected chi connectivity index (χ2v) is 8.16. The standard InChI is InChI=1S/C21H22ClFO6/c1-11(19(24)25)6-12-4-5-17(16(23)7-12)28-10-13-8-14(22)9-15-18(13)29-20(2,3)21(15,26)27/h4-5,7-9,11,26-27H,6,10H2,1-3H3,(H,24,25). The van der Waals surface area contributed by atoms with Gasteiger partial charge in [-0.1, -0.05) is 24.6 Å². The second kappa shape index (κ2) is 7.48. The number of benzene rings is 2. The molecule has 0 aliphatic carbocycles. The maximum Gasteiger partial charge on any atom is 0.306 e. The van der Waals surface area contributed by atoms with Crippen LogP contribution in [0.2, 0.25) is 5.02 Å². The number of aliphatic carboxylic acids is 1. The molecule has 1 unspecified atom stereocenters. The lowest BCUT2D eigenvalue weighted by atomic mass is 9.92. The molecule has 156 valence electrons.